The summed E-state index contributed by atoms with van der Waals surface area (Å²) in [5.41, 5.74) is 7.56. The summed E-state index contributed by atoms with van der Waals surface area (Å²) in [6.45, 7) is 0.231. The molecule has 0 atom stereocenters. The highest BCUT2D eigenvalue weighted by atomic mass is 79.9. The lowest BCUT2D eigenvalue weighted by atomic mass is 10.2. The molecule has 0 fully saturated rings. The van der Waals surface area contributed by atoms with E-state index in [-0.39, 0.29) is 6.79 Å². The number of fused-ring (bicyclic) bond motifs is 1. The van der Waals surface area contributed by atoms with Crippen LogP contribution >= 0.6 is 39.3 Å². The molecule has 0 radical (unpaired) electrons. The Morgan fingerprint density at radius 2 is 2.10 bits per heavy atom. The van der Waals surface area contributed by atoms with Gasteiger partial charge in [-0.15, -0.1) is 11.8 Å². The van der Waals surface area contributed by atoms with Gasteiger partial charge in [0, 0.05) is 20.8 Å². The molecule has 0 spiro atoms. The van der Waals surface area contributed by atoms with E-state index < -0.39 is 0 Å². The van der Waals surface area contributed by atoms with E-state index in [1.165, 1.54) is 0 Å². The van der Waals surface area contributed by atoms with Crippen molar-refractivity contribution in [2.45, 2.75) is 10.6 Å². The normalized spacial score (nSPS) is 12.7. The van der Waals surface area contributed by atoms with Gasteiger partial charge in [0.2, 0.25) is 6.79 Å². The van der Waals surface area contributed by atoms with Gasteiger partial charge in [-0.05, 0) is 51.8 Å². The second-order valence-electron chi connectivity index (χ2n) is 4.29. The second-order valence-corrected chi connectivity index (χ2v) is 6.57. The van der Waals surface area contributed by atoms with Crippen LogP contribution in [0.5, 0.6) is 11.5 Å². The fourth-order valence-corrected chi connectivity index (χ4v) is 3.78. The van der Waals surface area contributed by atoms with Gasteiger partial charge in [0.05, 0.1) is 5.02 Å². The molecule has 0 aliphatic carbocycles. The summed E-state index contributed by atoms with van der Waals surface area (Å²) in [6.07, 6.45) is 0. The molecule has 1 aliphatic heterocycles. The Kier molecular flexibility index (Phi) is 4.01. The van der Waals surface area contributed by atoms with Crippen molar-refractivity contribution in [1.29, 1.82) is 0 Å². The molecule has 0 unspecified atom stereocenters. The number of thioether (sulfide) groups is 1. The van der Waals surface area contributed by atoms with E-state index in [0.29, 0.717) is 16.5 Å². The number of ether oxygens (including phenoxy) is 2. The minimum absolute atomic E-state index is 0.231. The van der Waals surface area contributed by atoms with E-state index in [4.69, 9.17) is 26.8 Å². The summed E-state index contributed by atoms with van der Waals surface area (Å²) in [6, 6.07) is 9.66. The van der Waals surface area contributed by atoms with Crippen LogP contribution in [0.25, 0.3) is 0 Å². The minimum Gasteiger partial charge on any atom is -0.454 e. The number of halogens is 2. The molecule has 3 nitrogen and oxygen atoms in total. The quantitative estimate of drug-likeness (QED) is 0.626. The molecule has 1 heterocycles. The molecule has 1 aliphatic rings. The van der Waals surface area contributed by atoms with E-state index in [0.717, 1.165) is 26.4 Å². The standard InChI is InChI=1S/C14H11BrClNO2S/c15-10-5-9(17)1-2-13(10)20-6-8-3-11(16)14-12(4-8)18-7-19-14/h1-5H,6-7,17H2. The zero-order valence-corrected chi connectivity index (χ0v) is 13.5. The van der Waals surface area contributed by atoms with Crippen molar-refractivity contribution in [2.24, 2.45) is 0 Å². The van der Waals surface area contributed by atoms with E-state index in [1.807, 2.05) is 30.3 Å². The van der Waals surface area contributed by atoms with Crippen LogP contribution < -0.4 is 15.2 Å². The highest BCUT2D eigenvalue weighted by Gasteiger charge is 2.18. The van der Waals surface area contributed by atoms with Gasteiger partial charge in [-0.1, -0.05) is 11.6 Å². The van der Waals surface area contributed by atoms with Gasteiger partial charge in [-0.25, -0.2) is 0 Å². The summed E-state index contributed by atoms with van der Waals surface area (Å²) >= 11 is 11.4. The first-order valence-corrected chi connectivity index (χ1v) is 8.05. The first kappa shape index (κ1) is 13.9. The van der Waals surface area contributed by atoms with Gasteiger partial charge < -0.3 is 15.2 Å². The fraction of sp³-hybridized carbons (Fsp3) is 0.143. The highest BCUT2D eigenvalue weighted by molar-refractivity contribution is 9.10. The minimum atomic E-state index is 0.231. The van der Waals surface area contributed by atoms with Crippen LogP contribution in [0.2, 0.25) is 5.02 Å². The Hall–Kier alpha value is -1.04. The fourth-order valence-electron chi connectivity index (χ4n) is 1.90. The Morgan fingerprint density at radius 3 is 2.90 bits per heavy atom. The Bertz CT molecular complexity index is 666. The van der Waals surface area contributed by atoms with E-state index >= 15 is 0 Å². The molecule has 6 heteroatoms. The van der Waals surface area contributed by atoms with Gasteiger partial charge >= 0.3 is 0 Å². The number of nitrogens with two attached hydrogens (primary N) is 1. The zero-order chi connectivity index (χ0) is 14.1. The molecule has 0 saturated carbocycles. The first-order valence-electron chi connectivity index (χ1n) is 5.89. The molecule has 2 N–H and O–H groups in total. The van der Waals surface area contributed by atoms with Gasteiger partial charge in [-0.3, -0.25) is 0 Å². The first-order chi connectivity index (χ1) is 9.63. The topological polar surface area (TPSA) is 44.5 Å². The van der Waals surface area contributed by atoms with Gasteiger partial charge in [0.15, 0.2) is 11.5 Å². The van der Waals surface area contributed by atoms with Crippen LogP contribution in [0.3, 0.4) is 0 Å². The van der Waals surface area contributed by atoms with Crippen LogP contribution in [-0.2, 0) is 5.75 Å². The summed E-state index contributed by atoms with van der Waals surface area (Å²) in [5.74, 6) is 2.14. The summed E-state index contributed by atoms with van der Waals surface area (Å²) in [4.78, 5) is 1.13. The zero-order valence-electron chi connectivity index (χ0n) is 10.4. The molecule has 3 rings (SSSR count). The third-order valence-corrected chi connectivity index (χ3v) is 5.18. The average Bonchev–Trinajstić information content (AvgIpc) is 2.86. The van der Waals surface area contributed by atoms with Gasteiger partial charge in [0.1, 0.15) is 0 Å². The predicted octanol–water partition coefficient (Wildman–Crippen LogP) is 4.71. The molecule has 104 valence electrons. The molecule has 0 amide bonds. The van der Waals surface area contributed by atoms with Crippen molar-refractivity contribution in [3.8, 4) is 11.5 Å². The van der Waals surface area contributed by atoms with Crippen LogP contribution in [0.1, 0.15) is 5.56 Å². The lowest BCUT2D eigenvalue weighted by molar-refractivity contribution is 0.174. The molecule has 0 aromatic heterocycles. The van der Waals surface area contributed by atoms with Gasteiger partial charge in [-0.2, -0.15) is 0 Å². The third kappa shape index (κ3) is 2.85. The van der Waals surface area contributed by atoms with Crippen molar-refractivity contribution in [2.75, 3.05) is 12.5 Å². The molecular formula is C14H11BrClNO2S. The summed E-state index contributed by atoms with van der Waals surface area (Å²) < 4.78 is 11.7. The number of rotatable bonds is 3. The molecule has 0 bridgehead atoms. The molecular weight excluding hydrogens is 362 g/mol. The van der Waals surface area contributed by atoms with Gasteiger partial charge in [0.25, 0.3) is 0 Å². The maximum atomic E-state index is 6.17. The molecule has 0 saturated heterocycles. The molecule has 2 aromatic rings. The smallest absolute Gasteiger partial charge is 0.231 e. The second kappa shape index (κ2) is 5.76. The summed E-state index contributed by atoms with van der Waals surface area (Å²) in [7, 11) is 0. The monoisotopic (exact) mass is 371 g/mol. The van der Waals surface area contributed by atoms with Crippen LogP contribution in [0, 0.1) is 0 Å². The summed E-state index contributed by atoms with van der Waals surface area (Å²) in [5, 5.41) is 0.590. The average molecular weight is 373 g/mol. The van der Waals surface area contributed by atoms with Crippen LogP contribution in [0.4, 0.5) is 5.69 Å². The number of hydrogen-bond acceptors (Lipinski definition) is 4. The lowest BCUT2D eigenvalue weighted by Crippen LogP contribution is -1.93. The van der Waals surface area contributed by atoms with Crippen molar-refractivity contribution < 1.29 is 9.47 Å². The molecule has 2 aromatic carbocycles. The maximum absolute atomic E-state index is 6.17. The van der Waals surface area contributed by atoms with Crippen molar-refractivity contribution in [1.82, 2.24) is 0 Å². The SMILES string of the molecule is Nc1ccc(SCc2cc(Cl)c3c(c2)OCO3)c(Br)c1. The number of anilines is 1. The Morgan fingerprint density at radius 1 is 1.25 bits per heavy atom. The van der Waals surface area contributed by atoms with E-state index in [2.05, 4.69) is 15.9 Å². The van der Waals surface area contributed by atoms with E-state index in [1.54, 1.807) is 11.8 Å². The predicted molar refractivity (Wildman–Crippen MR) is 85.7 cm³/mol. The van der Waals surface area contributed by atoms with Crippen molar-refractivity contribution in [3.63, 3.8) is 0 Å². The maximum Gasteiger partial charge on any atom is 0.231 e. The van der Waals surface area contributed by atoms with Crippen LogP contribution in [0.15, 0.2) is 39.7 Å². The van der Waals surface area contributed by atoms with Crippen molar-refractivity contribution in [3.05, 3.63) is 45.4 Å². The third-order valence-electron chi connectivity index (χ3n) is 2.84. The van der Waals surface area contributed by atoms with Crippen molar-refractivity contribution >= 4 is 45.0 Å². The van der Waals surface area contributed by atoms with Crippen LogP contribution in [-0.4, -0.2) is 6.79 Å². The Balaban J connectivity index is 1.77. The lowest BCUT2D eigenvalue weighted by Gasteiger charge is -2.07. The highest BCUT2D eigenvalue weighted by Crippen LogP contribution is 2.41. The number of benzene rings is 2. The molecule has 20 heavy (non-hydrogen) atoms. The Labute approximate surface area is 134 Å². The number of nitrogen functional groups attached to an aromatic ring is 1. The van der Waals surface area contributed by atoms with E-state index in [9.17, 15) is 0 Å². The largest absolute Gasteiger partial charge is 0.454 e. The number of hydrogen-bond donors (Lipinski definition) is 1.